The zero-order chi connectivity index (χ0) is 9.10. The van der Waals surface area contributed by atoms with Crippen molar-refractivity contribution in [1.29, 1.82) is 0 Å². The van der Waals surface area contributed by atoms with Gasteiger partial charge in [-0.25, -0.2) is 0 Å². The summed E-state index contributed by atoms with van der Waals surface area (Å²) in [6.45, 7) is 0. The average Bonchev–Trinajstić information content (AvgIpc) is 2.74. The van der Waals surface area contributed by atoms with Gasteiger partial charge in [-0.2, -0.15) is 16.4 Å². The van der Waals surface area contributed by atoms with Crippen LogP contribution in [0.4, 0.5) is 0 Å². The Bertz CT molecular complexity index is 342. The van der Waals surface area contributed by atoms with E-state index in [9.17, 15) is 5.11 Å². The molecule has 2 rings (SSSR count). The molecular formula is C9H10N2OS. The van der Waals surface area contributed by atoms with Crippen LogP contribution in [0, 0.1) is 0 Å². The second-order valence-corrected chi connectivity index (χ2v) is 3.66. The molecule has 0 amide bonds. The molecule has 68 valence electrons. The Hall–Kier alpha value is -1.13. The van der Waals surface area contributed by atoms with Crippen LogP contribution in [-0.2, 0) is 6.42 Å². The Morgan fingerprint density at radius 1 is 1.62 bits per heavy atom. The first-order chi connectivity index (χ1) is 6.36. The van der Waals surface area contributed by atoms with E-state index in [2.05, 4.69) is 10.2 Å². The smallest absolute Gasteiger partial charge is 0.0861 e. The standard InChI is InChI=1S/C9H10N2OS/c12-9(8-4-10-11-5-8)3-7-1-2-13-6-7/h1-2,4-6,9,12H,3H2,(H,10,11). The number of nitrogens with zero attached hydrogens (tertiary/aromatic N) is 1. The number of aliphatic hydroxyl groups excluding tert-OH is 1. The summed E-state index contributed by atoms with van der Waals surface area (Å²) in [5, 5.41) is 20.3. The van der Waals surface area contributed by atoms with E-state index in [1.54, 1.807) is 23.7 Å². The van der Waals surface area contributed by atoms with Crippen LogP contribution in [-0.4, -0.2) is 15.3 Å². The number of aromatic amines is 1. The third-order valence-corrected chi connectivity index (χ3v) is 2.65. The van der Waals surface area contributed by atoms with Gasteiger partial charge in [-0.05, 0) is 22.4 Å². The van der Waals surface area contributed by atoms with Crippen LogP contribution in [0.5, 0.6) is 0 Å². The summed E-state index contributed by atoms with van der Waals surface area (Å²) < 4.78 is 0. The fourth-order valence-electron chi connectivity index (χ4n) is 1.19. The molecule has 1 atom stereocenters. The van der Waals surface area contributed by atoms with Crippen molar-refractivity contribution in [3.05, 3.63) is 40.3 Å². The highest BCUT2D eigenvalue weighted by atomic mass is 32.1. The SMILES string of the molecule is OC(Cc1ccsc1)c1cn[nH]c1. The Labute approximate surface area is 80.1 Å². The van der Waals surface area contributed by atoms with Crippen molar-refractivity contribution in [1.82, 2.24) is 10.2 Å². The molecule has 1 unspecified atom stereocenters. The predicted octanol–water partition coefficient (Wildman–Crippen LogP) is 1.75. The van der Waals surface area contributed by atoms with Crippen LogP contribution in [0.2, 0.25) is 0 Å². The average molecular weight is 194 g/mol. The van der Waals surface area contributed by atoms with Crippen LogP contribution in [0.15, 0.2) is 29.2 Å². The number of aliphatic hydroxyl groups is 1. The van der Waals surface area contributed by atoms with E-state index < -0.39 is 6.10 Å². The Morgan fingerprint density at radius 2 is 2.54 bits per heavy atom. The van der Waals surface area contributed by atoms with Gasteiger partial charge in [-0.1, -0.05) is 0 Å². The first-order valence-corrected chi connectivity index (χ1v) is 4.98. The lowest BCUT2D eigenvalue weighted by molar-refractivity contribution is 0.178. The van der Waals surface area contributed by atoms with Crippen molar-refractivity contribution >= 4 is 11.3 Å². The van der Waals surface area contributed by atoms with E-state index in [0.717, 1.165) is 5.56 Å². The van der Waals surface area contributed by atoms with Gasteiger partial charge in [0.1, 0.15) is 0 Å². The fraction of sp³-hybridized carbons (Fsp3) is 0.222. The molecule has 2 N–H and O–H groups in total. The fourth-order valence-corrected chi connectivity index (χ4v) is 1.87. The van der Waals surface area contributed by atoms with Crippen molar-refractivity contribution in [2.75, 3.05) is 0 Å². The number of nitrogens with one attached hydrogen (secondary N) is 1. The van der Waals surface area contributed by atoms with Gasteiger partial charge < -0.3 is 5.11 Å². The van der Waals surface area contributed by atoms with Gasteiger partial charge >= 0.3 is 0 Å². The van der Waals surface area contributed by atoms with Gasteiger partial charge in [-0.15, -0.1) is 0 Å². The van der Waals surface area contributed by atoms with E-state index in [1.807, 2.05) is 16.8 Å². The number of aromatic nitrogens is 2. The molecule has 0 saturated carbocycles. The second kappa shape index (κ2) is 3.72. The van der Waals surface area contributed by atoms with Gasteiger partial charge in [0, 0.05) is 18.2 Å². The van der Waals surface area contributed by atoms with E-state index in [1.165, 1.54) is 5.56 Å². The summed E-state index contributed by atoms with van der Waals surface area (Å²) in [4.78, 5) is 0. The number of thiophene rings is 1. The zero-order valence-electron chi connectivity index (χ0n) is 6.97. The molecule has 0 aromatic carbocycles. The first kappa shape index (κ1) is 8.47. The minimum atomic E-state index is -0.451. The van der Waals surface area contributed by atoms with Crippen LogP contribution >= 0.6 is 11.3 Å². The summed E-state index contributed by atoms with van der Waals surface area (Å²) in [6.07, 6.45) is 3.57. The largest absolute Gasteiger partial charge is 0.388 e. The van der Waals surface area contributed by atoms with Gasteiger partial charge in [0.05, 0.1) is 12.3 Å². The lowest BCUT2D eigenvalue weighted by Crippen LogP contribution is -1.99. The molecule has 13 heavy (non-hydrogen) atoms. The Morgan fingerprint density at radius 3 is 3.15 bits per heavy atom. The maximum Gasteiger partial charge on any atom is 0.0861 e. The Balaban J connectivity index is 2.04. The summed E-state index contributed by atoms with van der Waals surface area (Å²) >= 11 is 1.64. The minimum Gasteiger partial charge on any atom is -0.388 e. The molecule has 0 aliphatic carbocycles. The van der Waals surface area contributed by atoms with E-state index in [4.69, 9.17) is 0 Å². The molecule has 0 spiro atoms. The Kier molecular flexibility index (Phi) is 2.42. The predicted molar refractivity (Wildman–Crippen MR) is 51.6 cm³/mol. The number of rotatable bonds is 3. The number of hydrogen-bond donors (Lipinski definition) is 2. The zero-order valence-corrected chi connectivity index (χ0v) is 7.79. The van der Waals surface area contributed by atoms with Gasteiger partial charge in [0.25, 0.3) is 0 Å². The highest BCUT2D eigenvalue weighted by Gasteiger charge is 2.09. The maximum atomic E-state index is 9.73. The summed E-state index contributed by atoms with van der Waals surface area (Å²) in [7, 11) is 0. The molecule has 0 fully saturated rings. The van der Waals surface area contributed by atoms with Crippen LogP contribution < -0.4 is 0 Å². The minimum absolute atomic E-state index is 0.451. The molecule has 0 bridgehead atoms. The highest BCUT2D eigenvalue weighted by Crippen LogP contribution is 2.18. The lowest BCUT2D eigenvalue weighted by Gasteiger charge is -2.05. The highest BCUT2D eigenvalue weighted by molar-refractivity contribution is 7.07. The molecule has 3 nitrogen and oxygen atoms in total. The van der Waals surface area contributed by atoms with Crippen molar-refractivity contribution in [2.24, 2.45) is 0 Å². The molecule has 0 saturated heterocycles. The number of hydrogen-bond acceptors (Lipinski definition) is 3. The molecule has 0 radical (unpaired) electrons. The second-order valence-electron chi connectivity index (χ2n) is 2.88. The monoisotopic (exact) mass is 194 g/mol. The molecule has 0 aliphatic heterocycles. The van der Waals surface area contributed by atoms with Crippen molar-refractivity contribution in [2.45, 2.75) is 12.5 Å². The van der Waals surface area contributed by atoms with E-state index in [-0.39, 0.29) is 0 Å². The summed E-state index contributed by atoms with van der Waals surface area (Å²) in [6, 6.07) is 2.02. The first-order valence-electron chi connectivity index (χ1n) is 4.04. The van der Waals surface area contributed by atoms with Crippen LogP contribution in [0.3, 0.4) is 0 Å². The van der Waals surface area contributed by atoms with Crippen molar-refractivity contribution < 1.29 is 5.11 Å². The van der Waals surface area contributed by atoms with Crippen LogP contribution in [0.25, 0.3) is 0 Å². The quantitative estimate of drug-likeness (QED) is 0.782. The third-order valence-electron chi connectivity index (χ3n) is 1.91. The summed E-state index contributed by atoms with van der Waals surface area (Å²) in [5.74, 6) is 0. The van der Waals surface area contributed by atoms with E-state index in [0.29, 0.717) is 6.42 Å². The lowest BCUT2D eigenvalue weighted by atomic mass is 10.1. The van der Waals surface area contributed by atoms with Crippen molar-refractivity contribution in [3.63, 3.8) is 0 Å². The van der Waals surface area contributed by atoms with Gasteiger partial charge in [-0.3, -0.25) is 5.10 Å². The number of H-pyrrole nitrogens is 1. The molecule has 0 aliphatic rings. The van der Waals surface area contributed by atoms with Crippen molar-refractivity contribution in [3.8, 4) is 0 Å². The normalized spacial score (nSPS) is 13.0. The third kappa shape index (κ3) is 1.96. The summed E-state index contributed by atoms with van der Waals surface area (Å²) in [5.41, 5.74) is 2.00. The molecular weight excluding hydrogens is 184 g/mol. The van der Waals surface area contributed by atoms with Gasteiger partial charge in [0.15, 0.2) is 0 Å². The van der Waals surface area contributed by atoms with Gasteiger partial charge in [0.2, 0.25) is 0 Å². The van der Waals surface area contributed by atoms with Crippen LogP contribution in [0.1, 0.15) is 17.2 Å². The maximum absolute atomic E-state index is 9.73. The topological polar surface area (TPSA) is 48.9 Å². The molecule has 2 aromatic rings. The van der Waals surface area contributed by atoms with E-state index >= 15 is 0 Å². The molecule has 2 heterocycles. The molecule has 4 heteroatoms. The molecule has 2 aromatic heterocycles.